The SMILES string of the molecule is CC(C(=O)[O-])n1c(O)c(C=C2C=Nc3ccccc32)sc1=S. The quantitative estimate of drug-likeness (QED) is 0.877. The molecule has 22 heavy (non-hydrogen) atoms. The Morgan fingerprint density at radius 1 is 1.50 bits per heavy atom. The van der Waals surface area contributed by atoms with E-state index in [1.807, 2.05) is 24.3 Å². The molecule has 1 aliphatic heterocycles. The van der Waals surface area contributed by atoms with Gasteiger partial charge in [0.15, 0.2) is 3.95 Å². The van der Waals surface area contributed by atoms with Crippen LogP contribution in [-0.4, -0.2) is 21.9 Å². The van der Waals surface area contributed by atoms with Gasteiger partial charge in [-0.15, -0.1) is 11.3 Å². The van der Waals surface area contributed by atoms with Crippen molar-refractivity contribution >= 4 is 53.1 Å². The Balaban J connectivity index is 2.07. The zero-order valence-electron chi connectivity index (χ0n) is 11.5. The van der Waals surface area contributed by atoms with Gasteiger partial charge in [-0.25, -0.2) is 0 Å². The first-order valence-corrected chi connectivity index (χ1v) is 7.72. The van der Waals surface area contributed by atoms with E-state index in [0.717, 1.165) is 28.2 Å². The monoisotopic (exact) mass is 331 g/mol. The van der Waals surface area contributed by atoms with E-state index in [0.29, 0.717) is 4.88 Å². The van der Waals surface area contributed by atoms with Gasteiger partial charge in [0.05, 0.1) is 22.6 Å². The number of rotatable bonds is 3. The summed E-state index contributed by atoms with van der Waals surface area (Å²) < 4.78 is 1.46. The number of para-hydroxylation sites is 1. The van der Waals surface area contributed by atoms with E-state index in [1.54, 1.807) is 12.3 Å². The third-order valence-corrected chi connectivity index (χ3v) is 4.75. The maximum atomic E-state index is 11.0. The number of fused-ring (bicyclic) bond motifs is 1. The number of carbonyl (C=O) groups is 1. The first-order chi connectivity index (χ1) is 10.5. The molecule has 0 spiro atoms. The Morgan fingerprint density at radius 3 is 2.95 bits per heavy atom. The average molecular weight is 331 g/mol. The number of carboxylic acids is 1. The van der Waals surface area contributed by atoms with E-state index in [2.05, 4.69) is 4.99 Å². The summed E-state index contributed by atoms with van der Waals surface area (Å²) in [7, 11) is 0. The van der Waals surface area contributed by atoms with E-state index < -0.39 is 12.0 Å². The van der Waals surface area contributed by atoms with Crippen LogP contribution in [0.15, 0.2) is 29.3 Å². The highest BCUT2D eigenvalue weighted by Gasteiger charge is 2.18. The van der Waals surface area contributed by atoms with Crippen LogP contribution in [0.3, 0.4) is 0 Å². The van der Waals surface area contributed by atoms with Crippen molar-refractivity contribution in [1.82, 2.24) is 4.57 Å². The molecular formula is C15H11N2O3S2-. The second-order valence-electron chi connectivity index (χ2n) is 4.80. The second-order valence-corrected chi connectivity index (χ2v) is 6.47. The molecule has 0 radical (unpaired) electrons. The standard InChI is InChI=1S/C15H12N2O3S2/c1-8(14(19)20)17-13(18)12(22-15(17)21)6-9-7-16-11-5-3-2-4-10(9)11/h2-8,18H,1H3,(H,19,20)/p-1. The molecule has 1 unspecified atom stereocenters. The third-order valence-electron chi connectivity index (χ3n) is 3.42. The van der Waals surface area contributed by atoms with Gasteiger partial charge in [0, 0.05) is 17.4 Å². The number of hydrogen-bond acceptors (Lipinski definition) is 6. The topological polar surface area (TPSA) is 77.6 Å². The van der Waals surface area contributed by atoms with Crippen LogP contribution in [0, 0.1) is 3.95 Å². The van der Waals surface area contributed by atoms with Crippen LogP contribution in [-0.2, 0) is 4.79 Å². The lowest BCUT2D eigenvalue weighted by Gasteiger charge is -2.15. The van der Waals surface area contributed by atoms with E-state index in [9.17, 15) is 15.0 Å². The van der Waals surface area contributed by atoms with Gasteiger partial charge < -0.3 is 15.0 Å². The molecule has 0 saturated carbocycles. The fourth-order valence-electron chi connectivity index (χ4n) is 2.23. The van der Waals surface area contributed by atoms with Gasteiger partial charge in [-0.2, -0.15) is 0 Å². The Labute approximate surface area is 135 Å². The molecule has 1 aromatic carbocycles. The normalized spacial score (nSPS) is 16.0. The molecule has 0 amide bonds. The minimum Gasteiger partial charge on any atom is -0.548 e. The Morgan fingerprint density at radius 2 is 2.23 bits per heavy atom. The lowest BCUT2D eigenvalue weighted by molar-refractivity contribution is -0.309. The van der Waals surface area contributed by atoms with Crippen molar-refractivity contribution in [3.05, 3.63) is 38.7 Å². The van der Waals surface area contributed by atoms with E-state index in [-0.39, 0.29) is 9.83 Å². The molecule has 5 nitrogen and oxygen atoms in total. The molecule has 0 aliphatic carbocycles. The van der Waals surface area contributed by atoms with Crippen molar-refractivity contribution in [3.63, 3.8) is 0 Å². The van der Waals surface area contributed by atoms with Crippen LogP contribution in [0.25, 0.3) is 11.6 Å². The molecule has 2 heterocycles. The number of carboxylic acid groups (broad SMARTS) is 1. The number of benzene rings is 1. The average Bonchev–Trinajstić information content (AvgIpc) is 3.01. The number of carbonyl (C=O) groups excluding carboxylic acids is 1. The maximum absolute atomic E-state index is 11.0. The van der Waals surface area contributed by atoms with Gasteiger partial charge in [0.1, 0.15) is 0 Å². The maximum Gasteiger partial charge on any atom is 0.211 e. The van der Waals surface area contributed by atoms with Gasteiger partial charge in [-0.05, 0) is 31.3 Å². The fraction of sp³-hybridized carbons (Fsp3) is 0.133. The molecule has 0 fully saturated rings. The van der Waals surface area contributed by atoms with Crippen LogP contribution >= 0.6 is 23.6 Å². The molecular weight excluding hydrogens is 320 g/mol. The molecule has 2 aromatic rings. The minimum atomic E-state index is -1.30. The third kappa shape index (κ3) is 2.38. The summed E-state index contributed by atoms with van der Waals surface area (Å²) in [5.41, 5.74) is 2.66. The zero-order chi connectivity index (χ0) is 15.9. The van der Waals surface area contributed by atoms with Crippen LogP contribution in [0.5, 0.6) is 5.88 Å². The number of aromatic nitrogens is 1. The summed E-state index contributed by atoms with van der Waals surface area (Å²) in [6, 6.07) is 6.62. The molecule has 1 N–H and O–H groups in total. The lowest BCUT2D eigenvalue weighted by Crippen LogP contribution is -2.31. The van der Waals surface area contributed by atoms with Crippen molar-refractivity contribution in [3.8, 4) is 5.88 Å². The number of hydrogen-bond donors (Lipinski definition) is 1. The predicted molar refractivity (Wildman–Crippen MR) is 87.0 cm³/mol. The second kappa shape index (κ2) is 5.51. The first-order valence-electron chi connectivity index (χ1n) is 6.49. The number of nitrogens with zero attached hydrogens (tertiary/aromatic N) is 2. The Hall–Kier alpha value is -2.25. The largest absolute Gasteiger partial charge is 0.548 e. The summed E-state index contributed by atoms with van der Waals surface area (Å²) in [5.74, 6) is -1.46. The van der Waals surface area contributed by atoms with Gasteiger partial charge >= 0.3 is 0 Å². The predicted octanol–water partition coefficient (Wildman–Crippen LogP) is 2.55. The molecule has 1 aliphatic rings. The smallest absolute Gasteiger partial charge is 0.211 e. The minimum absolute atomic E-state index is 0.169. The fourth-order valence-corrected chi connectivity index (χ4v) is 3.65. The molecule has 112 valence electrons. The number of thiazole rings is 1. The number of allylic oxidation sites excluding steroid dienone is 1. The molecule has 3 rings (SSSR count). The van der Waals surface area contributed by atoms with E-state index >= 15 is 0 Å². The number of aliphatic carboxylic acids is 1. The van der Waals surface area contributed by atoms with Crippen molar-refractivity contribution in [2.75, 3.05) is 0 Å². The zero-order valence-corrected chi connectivity index (χ0v) is 13.1. The van der Waals surface area contributed by atoms with Crippen molar-refractivity contribution in [2.45, 2.75) is 13.0 Å². The molecule has 1 atom stereocenters. The first kappa shape index (κ1) is 14.7. The molecule has 0 saturated heterocycles. The Kier molecular flexibility index (Phi) is 3.67. The van der Waals surface area contributed by atoms with Crippen LogP contribution in [0.4, 0.5) is 5.69 Å². The highest BCUT2D eigenvalue weighted by Crippen LogP contribution is 2.36. The van der Waals surface area contributed by atoms with Crippen molar-refractivity contribution in [2.24, 2.45) is 4.99 Å². The highest BCUT2D eigenvalue weighted by molar-refractivity contribution is 7.73. The highest BCUT2D eigenvalue weighted by atomic mass is 32.1. The van der Waals surface area contributed by atoms with Crippen molar-refractivity contribution in [1.29, 1.82) is 0 Å². The molecule has 0 bridgehead atoms. The van der Waals surface area contributed by atoms with E-state index in [4.69, 9.17) is 12.2 Å². The summed E-state index contributed by atoms with van der Waals surface area (Å²) >= 11 is 6.29. The number of aromatic hydroxyl groups is 1. The van der Waals surface area contributed by atoms with Gasteiger partial charge in [-0.1, -0.05) is 18.2 Å². The van der Waals surface area contributed by atoms with Crippen LogP contribution in [0.2, 0.25) is 0 Å². The van der Waals surface area contributed by atoms with Crippen LogP contribution < -0.4 is 5.11 Å². The lowest BCUT2D eigenvalue weighted by atomic mass is 10.1. The van der Waals surface area contributed by atoms with Gasteiger partial charge in [0.2, 0.25) is 5.88 Å². The number of aliphatic imine (C=N–C) groups is 1. The van der Waals surface area contributed by atoms with Crippen molar-refractivity contribution < 1.29 is 15.0 Å². The molecule has 7 heteroatoms. The van der Waals surface area contributed by atoms with Gasteiger partial charge in [0.25, 0.3) is 0 Å². The van der Waals surface area contributed by atoms with Crippen LogP contribution in [0.1, 0.15) is 23.4 Å². The molecule has 1 aromatic heterocycles. The van der Waals surface area contributed by atoms with Gasteiger partial charge in [-0.3, -0.25) is 9.56 Å². The summed E-state index contributed by atoms with van der Waals surface area (Å²) in [4.78, 5) is 15.8. The summed E-state index contributed by atoms with van der Waals surface area (Å²) in [5, 5.41) is 21.3. The van der Waals surface area contributed by atoms with E-state index in [1.165, 1.54) is 11.5 Å². The summed E-state index contributed by atoms with van der Waals surface area (Å²) in [6.07, 6.45) is 3.46. The summed E-state index contributed by atoms with van der Waals surface area (Å²) in [6.45, 7) is 1.42. The Bertz CT molecular complexity index is 877.